The fourth-order valence-electron chi connectivity index (χ4n) is 3.30. The van der Waals surface area contributed by atoms with Gasteiger partial charge in [-0.3, -0.25) is 0 Å². The summed E-state index contributed by atoms with van der Waals surface area (Å²) < 4.78 is 0. The van der Waals surface area contributed by atoms with E-state index in [1.54, 1.807) is 10.4 Å². The number of rotatable bonds is 12. The van der Waals surface area contributed by atoms with Crippen molar-refractivity contribution < 1.29 is 0 Å². The van der Waals surface area contributed by atoms with Crippen LogP contribution in [0.3, 0.4) is 0 Å². The Kier molecular flexibility index (Phi) is 10.3. The topological polar surface area (TPSA) is 0 Å². The second-order valence-electron chi connectivity index (χ2n) is 7.38. The second kappa shape index (κ2) is 11.7. The van der Waals surface area contributed by atoms with E-state index in [0.29, 0.717) is 0 Å². The van der Waals surface area contributed by atoms with Crippen molar-refractivity contribution in [2.45, 2.75) is 91.1 Å². The van der Waals surface area contributed by atoms with Gasteiger partial charge in [-0.25, -0.2) is 0 Å². The van der Waals surface area contributed by atoms with Gasteiger partial charge in [0.1, 0.15) is 8.07 Å². The fourth-order valence-corrected chi connectivity index (χ4v) is 6.15. The maximum absolute atomic E-state index is 2.63. The fraction of sp³-hybridized carbons (Fsp3) is 0.636. The molecule has 0 fully saturated rings. The Morgan fingerprint density at radius 2 is 1.43 bits per heavy atom. The van der Waals surface area contributed by atoms with E-state index in [1.807, 2.05) is 0 Å². The molecule has 0 nitrogen and oxygen atoms in total. The largest absolute Gasteiger partial charge is 0.107 e. The predicted molar refractivity (Wildman–Crippen MR) is 109 cm³/mol. The van der Waals surface area contributed by atoms with Gasteiger partial charge in [0.25, 0.3) is 0 Å². The summed E-state index contributed by atoms with van der Waals surface area (Å²) in [6.45, 7) is 9.67. The Bertz CT molecular complexity index is 431. The van der Waals surface area contributed by atoms with Gasteiger partial charge in [0.15, 0.2) is 0 Å². The van der Waals surface area contributed by atoms with Gasteiger partial charge < -0.3 is 0 Å². The van der Waals surface area contributed by atoms with Crippen molar-refractivity contribution in [1.82, 2.24) is 0 Å². The first-order valence-electron chi connectivity index (χ1n) is 9.88. The molecule has 0 aromatic heterocycles. The van der Waals surface area contributed by atoms with E-state index in [2.05, 4.69) is 63.3 Å². The highest BCUT2D eigenvalue weighted by Crippen LogP contribution is 2.23. The van der Waals surface area contributed by atoms with Crippen molar-refractivity contribution >= 4 is 13.3 Å². The molecule has 0 aliphatic rings. The first kappa shape index (κ1) is 20.2. The maximum atomic E-state index is 2.63. The van der Waals surface area contributed by atoms with Crippen LogP contribution in [-0.4, -0.2) is 8.07 Å². The minimum atomic E-state index is -1.48. The highest BCUT2D eigenvalue weighted by Gasteiger charge is 2.27. The number of hydrogen-bond acceptors (Lipinski definition) is 0. The van der Waals surface area contributed by atoms with Crippen LogP contribution >= 0.6 is 0 Å². The smallest absolute Gasteiger partial charge is 0.0888 e. The molecule has 1 rings (SSSR count). The maximum Gasteiger partial charge on any atom is 0.107 e. The van der Waals surface area contributed by atoms with E-state index >= 15 is 0 Å². The van der Waals surface area contributed by atoms with Crippen LogP contribution in [0.15, 0.2) is 41.6 Å². The molecule has 0 radical (unpaired) electrons. The molecule has 0 atom stereocenters. The average Bonchev–Trinajstić information content (AvgIpc) is 2.57. The third-order valence-electron chi connectivity index (χ3n) is 5.05. The Morgan fingerprint density at radius 1 is 0.826 bits per heavy atom. The molecule has 0 N–H and O–H groups in total. The SMILES string of the molecule is CCCCCC/C=C(\CCCCCC)[Si](C)(C)c1ccccc1. The molecule has 23 heavy (non-hydrogen) atoms. The van der Waals surface area contributed by atoms with Crippen LogP contribution in [0.25, 0.3) is 0 Å². The highest BCUT2D eigenvalue weighted by atomic mass is 28.3. The molecule has 0 aliphatic heterocycles. The molecular formula is C22H38Si. The normalized spacial score (nSPS) is 12.6. The molecular weight excluding hydrogens is 292 g/mol. The average molecular weight is 331 g/mol. The van der Waals surface area contributed by atoms with Gasteiger partial charge in [-0.2, -0.15) is 0 Å². The number of benzene rings is 1. The van der Waals surface area contributed by atoms with Crippen LogP contribution in [0.4, 0.5) is 0 Å². The van der Waals surface area contributed by atoms with Gasteiger partial charge in [0.05, 0.1) is 0 Å². The monoisotopic (exact) mass is 330 g/mol. The Hall–Kier alpha value is -0.823. The van der Waals surface area contributed by atoms with E-state index in [-0.39, 0.29) is 0 Å². The number of hydrogen-bond donors (Lipinski definition) is 0. The minimum Gasteiger partial charge on any atom is -0.0888 e. The van der Waals surface area contributed by atoms with E-state index < -0.39 is 8.07 Å². The number of allylic oxidation sites excluding steroid dienone is 2. The van der Waals surface area contributed by atoms with Gasteiger partial charge in [0, 0.05) is 0 Å². The van der Waals surface area contributed by atoms with E-state index in [4.69, 9.17) is 0 Å². The zero-order chi connectivity index (χ0) is 17.0. The molecule has 0 heterocycles. The molecule has 130 valence electrons. The summed E-state index contributed by atoms with van der Waals surface area (Å²) in [5.41, 5.74) is 0. The standard InChI is InChI=1S/C22H38Si/c1-5-7-9-11-14-18-21(17-13-10-8-6-2)23(3,4)22-19-15-12-16-20-22/h12,15-16,18-20H,5-11,13-14,17H2,1-4H3/b21-18+. The lowest BCUT2D eigenvalue weighted by Crippen LogP contribution is -2.43. The molecule has 0 unspecified atom stereocenters. The predicted octanol–water partition coefficient (Wildman–Crippen LogP) is 7.01. The molecule has 1 aromatic rings. The van der Waals surface area contributed by atoms with E-state index in [9.17, 15) is 0 Å². The van der Waals surface area contributed by atoms with Crippen molar-refractivity contribution in [3.8, 4) is 0 Å². The Morgan fingerprint density at radius 3 is 2.04 bits per heavy atom. The van der Waals surface area contributed by atoms with Gasteiger partial charge in [0.2, 0.25) is 0 Å². The summed E-state index contributed by atoms with van der Waals surface area (Å²) in [7, 11) is -1.48. The first-order chi connectivity index (χ1) is 11.1. The lowest BCUT2D eigenvalue weighted by molar-refractivity contribution is 0.661. The highest BCUT2D eigenvalue weighted by molar-refractivity contribution is 6.95. The summed E-state index contributed by atoms with van der Waals surface area (Å²) in [4.78, 5) is 0. The van der Waals surface area contributed by atoms with Crippen molar-refractivity contribution in [3.63, 3.8) is 0 Å². The molecule has 0 bridgehead atoms. The van der Waals surface area contributed by atoms with Gasteiger partial charge in [-0.1, -0.05) is 112 Å². The zero-order valence-corrected chi connectivity index (χ0v) is 17.0. The first-order valence-corrected chi connectivity index (χ1v) is 12.9. The lowest BCUT2D eigenvalue weighted by atomic mass is 10.1. The zero-order valence-electron chi connectivity index (χ0n) is 16.0. The van der Waals surface area contributed by atoms with Gasteiger partial charge >= 0.3 is 0 Å². The summed E-state index contributed by atoms with van der Waals surface area (Å²) >= 11 is 0. The van der Waals surface area contributed by atoms with Crippen molar-refractivity contribution in [1.29, 1.82) is 0 Å². The minimum absolute atomic E-state index is 1.28. The second-order valence-corrected chi connectivity index (χ2v) is 11.8. The van der Waals surface area contributed by atoms with E-state index in [1.165, 1.54) is 64.2 Å². The third kappa shape index (κ3) is 7.52. The Balaban J connectivity index is 2.74. The van der Waals surface area contributed by atoms with Gasteiger partial charge in [-0.05, 0) is 25.7 Å². The van der Waals surface area contributed by atoms with Crippen LogP contribution in [0, 0.1) is 0 Å². The molecule has 0 saturated carbocycles. The summed E-state index contributed by atoms with van der Waals surface area (Å²) in [6.07, 6.45) is 16.2. The summed E-state index contributed by atoms with van der Waals surface area (Å²) in [5.74, 6) is 0. The lowest BCUT2D eigenvalue weighted by Gasteiger charge is -2.27. The van der Waals surface area contributed by atoms with Crippen molar-refractivity contribution in [3.05, 3.63) is 41.6 Å². The van der Waals surface area contributed by atoms with E-state index in [0.717, 1.165) is 0 Å². The van der Waals surface area contributed by atoms with Crippen molar-refractivity contribution in [2.24, 2.45) is 0 Å². The van der Waals surface area contributed by atoms with Crippen molar-refractivity contribution in [2.75, 3.05) is 0 Å². The third-order valence-corrected chi connectivity index (χ3v) is 8.88. The molecule has 0 spiro atoms. The Labute approximate surface area is 146 Å². The van der Waals surface area contributed by atoms with Crippen LogP contribution in [0.2, 0.25) is 13.1 Å². The molecule has 1 aromatic carbocycles. The molecule has 0 amide bonds. The molecule has 0 saturated heterocycles. The number of unbranched alkanes of at least 4 members (excludes halogenated alkanes) is 7. The molecule has 1 heteroatoms. The van der Waals surface area contributed by atoms with Crippen LogP contribution in [0.5, 0.6) is 0 Å². The summed E-state index contributed by atoms with van der Waals surface area (Å²) in [5, 5.41) is 3.38. The summed E-state index contributed by atoms with van der Waals surface area (Å²) in [6, 6.07) is 11.3. The van der Waals surface area contributed by atoms with Crippen LogP contribution < -0.4 is 5.19 Å². The van der Waals surface area contributed by atoms with Gasteiger partial charge in [-0.15, -0.1) is 0 Å². The molecule has 0 aliphatic carbocycles. The van der Waals surface area contributed by atoms with Crippen LogP contribution in [-0.2, 0) is 0 Å². The van der Waals surface area contributed by atoms with Crippen LogP contribution in [0.1, 0.15) is 78.1 Å². The quantitative estimate of drug-likeness (QED) is 0.285.